The van der Waals surface area contributed by atoms with Crippen LogP contribution >= 0.6 is 11.8 Å². The van der Waals surface area contributed by atoms with Gasteiger partial charge in [0, 0.05) is 11.4 Å². The van der Waals surface area contributed by atoms with Crippen molar-refractivity contribution >= 4 is 23.3 Å². The zero-order valence-corrected chi connectivity index (χ0v) is 17.6. The quantitative estimate of drug-likeness (QED) is 0.589. The SMILES string of the molecule is NC(=O)c1cccc2nc(CSc3nnn[nH]3)c(CC34CC5CC(CC(C5)C3)C4)n12. The smallest absolute Gasteiger partial charge is 0.265 e. The minimum Gasteiger partial charge on any atom is -0.364 e. The van der Waals surface area contributed by atoms with Gasteiger partial charge in [-0.3, -0.25) is 9.20 Å². The van der Waals surface area contributed by atoms with E-state index in [4.69, 9.17) is 10.7 Å². The summed E-state index contributed by atoms with van der Waals surface area (Å²) in [6.45, 7) is 0. The number of tetrazole rings is 1. The summed E-state index contributed by atoms with van der Waals surface area (Å²) in [6.07, 6.45) is 9.14. The predicted octanol–water partition coefficient (Wildman–Crippen LogP) is 3.00. The average Bonchev–Trinajstić information content (AvgIpc) is 3.33. The third-order valence-electron chi connectivity index (χ3n) is 7.45. The first kappa shape index (κ1) is 18.4. The molecule has 1 amide bonds. The number of hydrogen-bond donors (Lipinski definition) is 2. The van der Waals surface area contributed by atoms with Gasteiger partial charge in [0.25, 0.3) is 5.91 Å². The molecule has 0 atom stereocenters. The van der Waals surface area contributed by atoms with Gasteiger partial charge in [-0.15, -0.1) is 5.10 Å². The van der Waals surface area contributed by atoms with Crippen LogP contribution in [0.15, 0.2) is 23.4 Å². The summed E-state index contributed by atoms with van der Waals surface area (Å²) in [5, 5.41) is 14.8. The van der Waals surface area contributed by atoms with Crippen LogP contribution in [0.1, 0.15) is 60.4 Å². The monoisotopic (exact) mass is 423 g/mol. The van der Waals surface area contributed by atoms with E-state index in [9.17, 15) is 4.79 Å². The van der Waals surface area contributed by atoms with Crippen LogP contribution in [0.2, 0.25) is 0 Å². The molecule has 0 radical (unpaired) electrons. The summed E-state index contributed by atoms with van der Waals surface area (Å²) < 4.78 is 2.01. The van der Waals surface area contributed by atoms with E-state index < -0.39 is 5.91 Å². The van der Waals surface area contributed by atoms with E-state index in [2.05, 4.69) is 20.6 Å². The Hall–Kier alpha value is -2.42. The molecule has 8 nitrogen and oxygen atoms in total. The van der Waals surface area contributed by atoms with E-state index in [-0.39, 0.29) is 0 Å². The number of aromatic nitrogens is 6. The van der Waals surface area contributed by atoms with E-state index in [1.54, 1.807) is 6.07 Å². The lowest BCUT2D eigenvalue weighted by Crippen LogP contribution is -2.47. The number of carbonyl (C=O) groups is 1. The molecule has 30 heavy (non-hydrogen) atoms. The van der Waals surface area contributed by atoms with Crippen molar-refractivity contribution in [2.45, 2.75) is 55.9 Å². The van der Waals surface area contributed by atoms with Crippen LogP contribution in [0.4, 0.5) is 0 Å². The maximum atomic E-state index is 12.2. The molecule has 0 aliphatic heterocycles. The lowest BCUT2D eigenvalue weighted by Gasteiger charge is -2.57. The fourth-order valence-corrected chi connectivity index (χ4v) is 7.60. The van der Waals surface area contributed by atoms with Gasteiger partial charge in [-0.2, -0.15) is 0 Å². The highest BCUT2D eigenvalue weighted by Gasteiger charge is 2.51. The van der Waals surface area contributed by atoms with Gasteiger partial charge >= 0.3 is 0 Å². The first-order valence-corrected chi connectivity index (χ1v) is 11.7. The molecule has 3 aromatic rings. The van der Waals surface area contributed by atoms with Gasteiger partial charge in [0.2, 0.25) is 5.16 Å². The molecule has 7 rings (SSSR count). The van der Waals surface area contributed by atoms with Crippen molar-refractivity contribution in [2.75, 3.05) is 0 Å². The zero-order chi connectivity index (χ0) is 20.3. The fourth-order valence-electron chi connectivity index (χ4n) is 6.90. The molecule has 9 heteroatoms. The Bertz CT molecular complexity index is 1070. The summed E-state index contributed by atoms with van der Waals surface area (Å²) in [7, 11) is 0. The number of nitrogens with two attached hydrogens (primary N) is 1. The van der Waals surface area contributed by atoms with Crippen LogP contribution in [-0.2, 0) is 12.2 Å². The molecule has 0 saturated heterocycles. The number of primary amides is 1. The Kier molecular flexibility index (Phi) is 4.16. The van der Waals surface area contributed by atoms with Crippen LogP contribution in [0.3, 0.4) is 0 Å². The molecule has 3 heterocycles. The van der Waals surface area contributed by atoms with Crippen LogP contribution in [0.5, 0.6) is 0 Å². The maximum absolute atomic E-state index is 12.2. The molecule has 4 saturated carbocycles. The molecule has 3 N–H and O–H groups in total. The van der Waals surface area contributed by atoms with Crippen molar-refractivity contribution < 1.29 is 4.79 Å². The van der Waals surface area contributed by atoms with Gasteiger partial charge < -0.3 is 5.73 Å². The lowest BCUT2D eigenvalue weighted by atomic mass is 9.48. The summed E-state index contributed by atoms with van der Waals surface area (Å²) in [5.41, 5.74) is 9.52. The van der Waals surface area contributed by atoms with Crippen LogP contribution in [0, 0.1) is 23.2 Å². The van der Waals surface area contributed by atoms with E-state index in [1.807, 2.05) is 16.5 Å². The van der Waals surface area contributed by atoms with Crippen molar-refractivity contribution in [1.29, 1.82) is 0 Å². The van der Waals surface area contributed by atoms with Gasteiger partial charge in [-0.1, -0.05) is 17.8 Å². The number of rotatable bonds is 6. The Morgan fingerprint density at radius 3 is 2.57 bits per heavy atom. The van der Waals surface area contributed by atoms with Crippen molar-refractivity contribution in [1.82, 2.24) is 30.0 Å². The second-order valence-corrected chi connectivity index (χ2v) is 10.5. The number of hydrogen-bond acceptors (Lipinski definition) is 6. The van der Waals surface area contributed by atoms with Gasteiger partial charge in [0.1, 0.15) is 11.3 Å². The number of thioether (sulfide) groups is 1. The molecular formula is C21H25N7OS. The molecule has 4 aliphatic carbocycles. The van der Waals surface area contributed by atoms with E-state index in [1.165, 1.54) is 50.3 Å². The Morgan fingerprint density at radius 2 is 1.93 bits per heavy atom. The summed E-state index contributed by atoms with van der Waals surface area (Å²) in [5.74, 6) is 2.87. The van der Waals surface area contributed by atoms with Gasteiger partial charge in [-0.25, -0.2) is 10.1 Å². The average molecular weight is 424 g/mol. The van der Waals surface area contributed by atoms with E-state index in [0.29, 0.717) is 22.0 Å². The van der Waals surface area contributed by atoms with Crippen LogP contribution in [-0.4, -0.2) is 35.9 Å². The highest BCUT2D eigenvalue weighted by atomic mass is 32.2. The van der Waals surface area contributed by atoms with Crippen molar-refractivity contribution in [2.24, 2.45) is 28.9 Å². The van der Waals surface area contributed by atoms with Crippen LogP contribution in [0.25, 0.3) is 5.65 Å². The standard InChI is InChI=1S/C21H25N7OS/c22-19(29)16-2-1-3-18-23-15(11-30-20-24-26-27-25-20)17(28(16)18)10-21-7-12-4-13(8-21)6-14(5-12)9-21/h1-3,12-14H,4-11H2,(H2,22,29)(H,24,25,26,27). The van der Waals surface area contributed by atoms with Crippen molar-refractivity contribution in [3.8, 4) is 0 Å². The fraction of sp³-hybridized carbons (Fsp3) is 0.571. The number of H-pyrrole nitrogens is 1. The maximum Gasteiger partial charge on any atom is 0.265 e. The summed E-state index contributed by atoms with van der Waals surface area (Å²) >= 11 is 1.53. The predicted molar refractivity (Wildman–Crippen MR) is 112 cm³/mol. The number of fused-ring (bicyclic) bond motifs is 1. The molecule has 0 unspecified atom stereocenters. The molecular weight excluding hydrogens is 398 g/mol. The molecule has 4 fully saturated rings. The van der Waals surface area contributed by atoms with Crippen LogP contribution < -0.4 is 5.73 Å². The van der Waals surface area contributed by atoms with Crippen molar-refractivity contribution in [3.05, 3.63) is 35.3 Å². The highest BCUT2D eigenvalue weighted by Crippen LogP contribution is 2.61. The number of aromatic amines is 1. The summed E-state index contributed by atoms with van der Waals surface area (Å²) in [6, 6.07) is 5.62. The first-order chi connectivity index (χ1) is 14.6. The van der Waals surface area contributed by atoms with Gasteiger partial charge in [-0.05, 0) is 90.7 Å². The Labute approximate surface area is 178 Å². The third-order valence-corrected chi connectivity index (χ3v) is 8.32. The Balaban J connectivity index is 1.42. The number of pyridine rings is 1. The molecule has 0 aromatic carbocycles. The van der Waals surface area contributed by atoms with Gasteiger partial charge in [0.05, 0.1) is 5.69 Å². The number of amides is 1. The largest absolute Gasteiger partial charge is 0.364 e. The number of carbonyl (C=O) groups excluding carboxylic acids is 1. The number of nitrogens with one attached hydrogen (secondary N) is 1. The minimum atomic E-state index is -0.414. The van der Waals surface area contributed by atoms with Crippen molar-refractivity contribution in [3.63, 3.8) is 0 Å². The zero-order valence-electron chi connectivity index (χ0n) is 16.8. The molecule has 4 bridgehead atoms. The number of nitrogens with zero attached hydrogens (tertiary/aromatic N) is 5. The summed E-state index contributed by atoms with van der Waals surface area (Å²) in [4.78, 5) is 17.1. The second-order valence-electron chi connectivity index (χ2n) is 9.56. The minimum absolute atomic E-state index is 0.336. The Morgan fingerprint density at radius 1 is 1.20 bits per heavy atom. The molecule has 4 aliphatic rings. The second kappa shape index (κ2) is 6.80. The lowest BCUT2D eigenvalue weighted by molar-refractivity contribution is -0.0528. The van der Waals surface area contributed by atoms with E-state index >= 15 is 0 Å². The topological polar surface area (TPSA) is 115 Å². The molecule has 156 valence electrons. The highest BCUT2D eigenvalue weighted by molar-refractivity contribution is 7.98. The number of imidazole rings is 1. The molecule has 3 aromatic heterocycles. The van der Waals surface area contributed by atoms with Gasteiger partial charge in [0.15, 0.2) is 0 Å². The normalized spacial score (nSPS) is 29.7. The first-order valence-electron chi connectivity index (χ1n) is 10.7. The molecule has 0 spiro atoms. The third kappa shape index (κ3) is 3.02. The van der Waals surface area contributed by atoms with E-state index in [0.717, 1.165) is 41.2 Å².